The van der Waals surface area contributed by atoms with Crippen LogP contribution in [0.3, 0.4) is 0 Å². The second-order valence-electron chi connectivity index (χ2n) is 7.16. The first-order valence-corrected chi connectivity index (χ1v) is 10.2. The molecular weight excluding hydrogens is 392 g/mol. The average molecular weight is 421 g/mol. The molecular formula is C22H29ClN2O4. The molecule has 7 heteroatoms. The van der Waals surface area contributed by atoms with E-state index in [1.807, 2.05) is 30.3 Å². The SMILES string of the molecule is COc1cccc(OC)c1OC[C@H](O)CN1CCN(Cc2ccc(Cl)cc2)CC1. The number of ether oxygens (including phenoxy) is 3. The van der Waals surface area contributed by atoms with Crippen molar-refractivity contribution in [2.45, 2.75) is 12.6 Å². The highest BCUT2D eigenvalue weighted by Crippen LogP contribution is 2.36. The van der Waals surface area contributed by atoms with Crippen molar-refractivity contribution in [1.82, 2.24) is 9.80 Å². The van der Waals surface area contributed by atoms with Gasteiger partial charge in [0.05, 0.1) is 14.2 Å². The Morgan fingerprint density at radius 2 is 1.52 bits per heavy atom. The molecule has 158 valence electrons. The summed E-state index contributed by atoms with van der Waals surface area (Å²) in [5.74, 6) is 1.70. The lowest BCUT2D eigenvalue weighted by atomic mass is 10.2. The van der Waals surface area contributed by atoms with Crippen LogP contribution >= 0.6 is 11.6 Å². The van der Waals surface area contributed by atoms with Gasteiger partial charge in [0.2, 0.25) is 5.75 Å². The number of β-amino-alcohol motifs (C(OH)–C–C–N with tert-alkyl or cyclic N) is 1. The van der Waals surface area contributed by atoms with E-state index in [9.17, 15) is 5.11 Å². The summed E-state index contributed by atoms with van der Waals surface area (Å²) >= 11 is 5.95. The zero-order valence-corrected chi connectivity index (χ0v) is 17.8. The number of rotatable bonds is 9. The number of nitrogens with zero attached hydrogens (tertiary/aromatic N) is 2. The molecule has 6 nitrogen and oxygen atoms in total. The summed E-state index contributed by atoms with van der Waals surface area (Å²) in [6.45, 7) is 5.45. The Morgan fingerprint density at radius 1 is 0.931 bits per heavy atom. The molecule has 0 saturated carbocycles. The number of para-hydroxylation sites is 1. The van der Waals surface area contributed by atoms with Gasteiger partial charge in [-0.25, -0.2) is 0 Å². The fourth-order valence-electron chi connectivity index (χ4n) is 3.47. The number of aliphatic hydroxyl groups excluding tert-OH is 1. The molecule has 0 amide bonds. The van der Waals surface area contributed by atoms with Crippen LogP contribution in [0.2, 0.25) is 5.02 Å². The molecule has 0 spiro atoms. The van der Waals surface area contributed by atoms with Gasteiger partial charge in [-0.15, -0.1) is 0 Å². The molecule has 0 bridgehead atoms. The molecule has 0 unspecified atom stereocenters. The second kappa shape index (κ2) is 10.7. The van der Waals surface area contributed by atoms with Gasteiger partial charge in [-0.1, -0.05) is 29.8 Å². The van der Waals surface area contributed by atoms with Crippen molar-refractivity contribution < 1.29 is 19.3 Å². The predicted octanol–water partition coefficient (Wildman–Crippen LogP) is 2.91. The molecule has 1 atom stereocenters. The summed E-state index contributed by atoms with van der Waals surface area (Å²) in [7, 11) is 3.17. The lowest BCUT2D eigenvalue weighted by Crippen LogP contribution is -2.48. The molecule has 1 heterocycles. The minimum absolute atomic E-state index is 0.182. The van der Waals surface area contributed by atoms with Crippen LogP contribution in [-0.4, -0.2) is 74.6 Å². The fraction of sp³-hybridized carbons (Fsp3) is 0.455. The summed E-state index contributed by atoms with van der Waals surface area (Å²) in [5, 5.41) is 11.2. The maximum Gasteiger partial charge on any atom is 0.203 e. The van der Waals surface area contributed by atoms with Crippen LogP contribution < -0.4 is 14.2 Å². The molecule has 2 aromatic rings. The van der Waals surface area contributed by atoms with Crippen molar-refractivity contribution in [3.05, 3.63) is 53.1 Å². The number of aliphatic hydroxyl groups is 1. The van der Waals surface area contributed by atoms with E-state index in [1.165, 1.54) is 5.56 Å². The zero-order chi connectivity index (χ0) is 20.6. The quantitative estimate of drug-likeness (QED) is 0.673. The topological polar surface area (TPSA) is 54.4 Å². The van der Waals surface area contributed by atoms with E-state index in [2.05, 4.69) is 21.9 Å². The van der Waals surface area contributed by atoms with Gasteiger partial charge in [0, 0.05) is 44.3 Å². The molecule has 1 N–H and O–H groups in total. The molecule has 0 aliphatic carbocycles. The number of benzene rings is 2. The molecule has 1 aliphatic heterocycles. The zero-order valence-electron chi connectivity index (χ0n) is 17.0. The normalized spacial score (nSPS) is 16.4. The van der Waals surface area contributed by atoms with E-state index in [0.29, 0.717) is 23.8 Å². The fourth-order valence-corrected chi connectivity index (χ4v) is 3.59. The Hall–Kier alpha value is -1.99. The van der Waals surface area contributed by atoms with E-state index >= 15 is 0 Å². The van der Waals surface area contributed by atoms with Gasteiger partial charge in [-0.2, -0.15) is 0 Å². The van der Waals surface area contributed by atoms with E-state index in [1.54, 1.807) is 14.2 Å². The first-order chi connectivity index (χ1) is 14.1. The van der Waals surface area contributed by atoms with Crippen molar-refractivity contribution >= 4 is 11.6 Å². The van der Waals surface area contributed by atoms with Crippen molar-refractivity contribution in [3.8, 4) is 17.2 Å². The highest BCUT2D eigenvalue weighted by Gasteiger charge is 2.20. The van der Waals surface area contributed by atoms with Gasteiger partial charge >= 0.3 is 0 Å². The maximum absolute atomic E-state index is 10.4. The van der Waals surface area contributed by atoms with E-state index in [0.717, 1.165) is 37.7 Å². The minimum Gasteiger partial charge on any atom is -0.493 e. The summed E-state index contributed by atoms with van der Waals surface area (Å²) < 4.78 is 16.5. The Morgan fingerprint density at radius 3 is 2.10 bits per heavy atom. The van der Waals surface area contributed by atoms with Crippen LogP contribution in [0.1, 0.15) is 5.56 Å². The second-order valence-corrected chi connectivity index (χ2v) is 7.60. The van der Waals surface area contributed by atoms with E-state index in [-0.39, 0.29) is 6.61 Å². The number of methoxy groups -OCH3 is 2. The van der Waals surface area contributed by atoms with Gasteiger partial charge in [0.15, 0.2) is 11.5 Å². The number of halogens is 1. The van der Waals surface area contributed by atoms with Crippen molar-refractivity contribution in [2.75, 3.05) is 53.6 Å². The predicted molar refractivity (Wildman–Crippen MR) is 114 cm³/mol. The Kier molecular flexibility index (Phi) is 8.00. The van der Waals surface area contributed by atoms with Gasteiger partial charge in [0.1, 0.15) is 12.7 Å². The van der Waals surface area contributed by atoms with E-state index in [4.69, 9.17) is 25.8 Å². The van der Waals surface area contributed by atoms with Crippen molar-refractivity contribution in [1.29, 1.82) is 0 Å². The molecule has 0 aromatic heterocycles. The smallest absolute Gasteiger partial charge is 0.203 e. The van der Waals surface area contributed by atoms with Crippen molar-refractivity contribution in [2.24, 2.45) is 0 Å². The summed E-state index contributed by atoms with van der Waals surface area (Å²) in [6.07, 6.45) is -0.590. The van der Waals surface area contributed by atoms with Crippen molar-refractivity contribution in [3.63, 3.8) is 0 Å². The third kappa shape index (κ3) is 6.24. The van der Waals surface area contributed by atoms with Gasteiger partial charge < -0.3 is 19.3 Å². The number of piperazine rings is 1. The summed E-state index contributed by atoms with van der Waals surface area (Å²) in [4.78, 5) is 4.69. The first kappa shape index (κ1) is 21.7. The average Bonchev–Trinajstić information content (AvgIpc) is 2.75. The standard InChI is InChI=1S/C22H29ClN2O4/c1-27-20-4-3-5-21(28-2)22(20)29-16-19(26)15-25-12-10-24(11-13-25)14-17-6-8-18(23)9-7-17/h3-9,19,26H,10-16H2,1-2H3/t19-/m1/s1. The first-order valence-electron chi connectivity index (χ1n) is 9.80. The summed E-state index contributed by atoms with van der Waals surface area (Å²) in [6, 6.07) is 13.5. The monoisotopic (exact) mass is 420 g/mol. The van der Waals surface area contributed by atoms with Crippen LogP contribution in [0.15, 0.2) is 42.5 Å². The Labute approximate surface area is 177 Å². The highest BCUT2D eigenvalue weighted by atomic mass is 35.5. The van der Waals surface area contributed by atoms with Crippen LogP contribution in [0.25, 0.3) is 0 Å². The molecule has 29 heavy (non-hydrogen) atoms. The van der Waals surface area contributed by atoms with Crippen LogP contribution in [0.5, 0.6) is 17.2 Å². The largest absolute Gasteiger partial charge is 0.493 e. The minimum atomic E-state index is -0.590. The van der Waals surface area contributed by atoms with E-state index < -0.39 is 6.10 Å². The van der Waals surface area contributed by atoms with Gasteiger partial charge in [-0.05, 0) is 29.8 Å². The molecule has 0 radical (unpaired) electrons. The van der Waals surface area contributed by atoms with Crippen LogP contribution in [0.4, 0.5) is 0 Å². The van der Waals surface area contributed by atoms with Gasteiger partial charge in [0.25, 0.3) is 0 Å². The molecule has 1 fully saturated rings. The third-order valence-electron chi connectivity index (χ3n) is 5.06. The van der Waals surface area contributed by atoms with Gasteiger partial charge in [-0.3, -0.25) is 9.80 Å². The lowest BCUT2D eigenvalue weighted by molar-refractivity contribution is 0.0434. The molecule has 1 saturated heterocycles. The Balaban J connectivity index is 1.43. The third-order valence-corrected chi connectivity index (χ3v) is 5.31. The van der Waals surface area contributed by atoms with Crippen LogP contribution in [0, 0.1) is 0 Å². The number of hydrogen-bond donors (Lipinski definition) is 1. The van der Waals surface area contributed by atoms with Crippen LogP contribution in [-0.2, 0) is 6.54 Å². The highest BCUT2D eigenvalue weighted by molar-refractivity contribution is 6.30. The lowest BCUT2D eigenvalue weighted by Gasteiger charge is -2.35. The number of hydrogen-bond acceptors (Lipinski definition) is 6. The maximum atomic E-state index is 10.4. The molecule has 1 aliphatic rings. The Bertz CT molecular complexity index is 742. The summed E-state index contributed by atoms with van der Waals surface area (Å²) in [5.41, 5.74) is 1.27. The molecule has 3 rings (SSSR count). The molecule has 2 aromatic carbocycles.